The van der Waals surface area contributed by atoms with E-state index in [4.69, 9.17) is 4.74 Å². The molecule has 4 heteroatoms. The van der Waals surface area contributed by atoms with Crippen molar-refractivity contribution in [1.82, 2.24) is 10.2 Å². The average Bonchev–Trinajstić information content (AvgIpc) is 3.19. The van der Waals surface area contributed by atoms with Crippen LogP contribution in [0.25, 0.3) is 0 Å². The lowest BCUT2D eigenvalue weighted by Gasteiger charge is -2.27. The highest BCUT2D eigenvalue weighted by atomic mass is 16.5. The predicted molar refractivity (Wildman–Crippen MR) is 108 cm³/mol. The Hall–Kier alpha value is -2.33. The summed E-state index contributed by atoms with van der Waals surface area (Å²) in [5.74, 6) is 1.82. The molecule has 0 amide bonds. The highest BCUT2D eigenvalue weighted by Crippen LogP contribution is 2.23. The summed E-state index contributed by atoms with van der Waals surface area (Å²) in [5, 5.41) is 3.58. The number of hydrogen-bond donors (Lipinski definition) is 1. The third-order valence-electron chi connectivity index (χ3n) is 5.00. The van der Waals surface area contributed by atoms with Crippen molar-refractivity contribution in [2.75, 3.05) is 40.4 Å². The van der Waals surface area contributed by atoms with Gasteiger partial charge in [-0.05, 0) is 17.5 Å². The van der Waals surface area contributed by atoms with Gasteiger partial charge in [0, 0.05) is 45.6 Å². The Morgan fingerprint density at radius 3 is 2.23 bits per heavy atom. The Bertz CT molecular complexity index is 642. The van der Waals surface area contributed by atoms with Crippen LogP contribution in [-0.2, 0) is 4.74 Å². The maximum absolute atomic E-state index is 5.50. The molecule has 1 atom stereocenters. The van der Waals surface area contributed by atoms with Crippen LogP contribution in [-0.4, -0.2) is 51.3 Å². The van der Waals surface area contributed by atoms with E-state index < -0.39 is 0 Å². The first-order chi connectivity index (χ1) is 12.8. The van der Waals surface area contributed by atoms with E-state index in [1.807, 2.05) is 7.05 Å². The second-order valence-corrected chi connectivity index (χ2v) is 6.91. The topological polar surface area (TPSA) is 36.9 Å². The number of benzene rings is 2. The fraction of sp³-hybridized carbons (Fsp3) is 0.409. The number of guanidine groups is 1. The Kier molecular flexibility index (Phi) is 6.67. The summed E-state index contributed by atoms with van der Waals surface area (Å²) in [6.07, 6.45) is 1.14. The van der Waals surface area contributed by atoms with Crippen molar-refractivity contribution in [2.24, 2.45) is 10.9 Å². The SMILES string of the molecule is CN=C(NCC(c1ccccc1)c1ccccc1)N(C)CC1CCOC1. The molecule has 1 N–H and O–H groups in total. The van der Waals surface area contributed by atoms with Crippen LogP contribution in [0.2, 0.25) is 0 Å². The lowest BCUT2D eigenvalue weighted by atomic mass is 9.91. The monoisotopic (exact) mass is 351 g/mol. The highest BCUT2D eigenvalue weighted by Gasteiger charge is 2.20. The third-order valence-corrected chi connectivity index (χ3v) is 5.00. The first-order valence-corrected chi connectivity index (χ1v) is 9.37. The summed E-state index contributed by atoms with van der Waals surface area (Å²) in [5.41, 5.74) is 2.63. The van der Waals surface area contributed by atoms with Gasteiger partial charge in [0.15, 0.2) is 5.96 Å². The van der Waals surface area contributed by atoms with Gasteiger partial charge in [0.25, 0.3) is 0 Å². The molecule has 1 aliphatic rings. The van der Waals surface area contributed by atoms with E-state index >= 15 is 0 Å². The minimum absolute atomic E-state index is 0.289. The maximum Gasteiger partial charge on any atom is 0.193 e. The van der Waals surface area contributed by atoms with Gasteiger partial charge in [-0.25, -0.2) is 0 Å². The average molecular weight is 351 g/mol. The van der Waals surface area contributed by atoms with E-state index in [0.29, 0.717) is 5.92 Å². The van der Waals surface area contributed by atoms with Gasteiger partial charge in [0.2, 0.25) is 0 Å². The molecule has 2 aromatic carbocycles. The van der Waals surface area contributed by atoms with Crippen LogP contribution in [0, 0.1) is 5.92 Å². The summed E-state index contributed by atoms with van der Waals surface area (Å²) < 4.78 is 5.50. The highest BCUT2D eigenvalue weighted by molar-refractivity contribution is 5.79. The minimum Gasteiger partial charge on any atom is -0.381 e. The molecule has 1 heterocycles. The molecular weight excluding hydrogens is 322 g/mol. The van der Waals surface area contributed by atoms with Crippen molar-refractivity contribution in [3.05, 3.63) is 71.8 Å². The molecule has 0 aromatic heterocycles. The van der Waals surface area contributed by atoms with Gasteiger partial charge in [-0.2, -0.15) is 0 Å². The molecule has 3 rings (SSSR count). The zero-order chi connectivity index (χ0) is 18.2. The molecule has 0 aliphatic carbocycles. The van der Waals surface area contributed by atoms with Crippen molar-refractivity contribution in [3.8, 4) is 0 Å². The third kappa shape index (κ3) is 4.85. The van der Waals surface area contributed by atoms with Crippen LogP contribution >= 0.6 is 0 Å². The number of rotatable bonds is 6. The first kappa shape index (κ1) is 18.5. The van der Waals surface area contributed by atoms with Crippen molar-refractivity contribution in [2.45, 2.75) is 12.3 Å². The van der Waals surface area contributed by atoms with Crippen LogP contribution in [0.4, 0.5) is 0 Å². The standard InChI is InChI=1S/C22H29N3O/c1-23-22(25(2)16-18-13-14-26-17-18)24-15-21(19-9-5-3-6-10-19)20-11-7-4-8-12-20/h3-12,18,21H,13-17H2,1-2H3,(H,23,24). The van der Waals surface area contributed by atoms with Crippen LogP contribution in [0.3, 0.4) is 0 Å². The molecule has 138 valence electrons. The Morgan fingerprint density at radius 1 is 1.12 bits per heavy atom. The maximum atomic E-state index is 5.50. The molecule has 0 saturated carbocycles. The fourth-order valence-electron chi connectivity index (χ4n) is 3.58. The first-order valence-electron chi connectivity index (χ1n) is 9.37. The van der Waals surface area contributed by atoms with Crippen molar-refractivity contribution >= 4 is 5.96 Å². The van der Waals surface area contributed by atoms with Gasteiger partial charge in [-0.15, -0.1) is 0 Å². The second-order valence-electron chi connectivity index (χ2n) is 6.91. The summed E-state index contributed by atoms with van der Waals surface area (Å²) in [7, 11) is 3.96. The zero-order valence-corrected chi connectivity index (χ0v) is 15.8. The molecule has 0 spiro atoms. The molecule has 0 bridgehead atoms. The number of ether oxygens (including phenoxy) is 1. The van der Waals surface area contributed by atoms with Crippen molar-refractivity contribution in [3.63, 3.8) is 0 Å². The molecule has 1 saturated heterocycles. The summed E-state index contributed by atoms with van der Waals surface area (Å²) in [6, 6.07) is 21.3. The van der Waals surface area contributed by atoms with Crippen LogP contribution < -0.4 is 5.32 Å². The normalized spacial score (nSPS) is 17.5. The fourth-order valence-corrected chi connectivity index (χ4v) is 3.58. The molecule has 26 heavy (non-hydrogen) atoms. The largest absolute Gasteiger partial charge is 0.381 e. The zero-order valence-electron chi connectivity index (χ0n) is 15.8. The lowest BCUT2D eigenvalue weighted by Crippen LogP contribution is -2.43. The molecule has 1 aliphatic heterocycles. The summed E-state index contributed by atoms with van der Waals surface area (Å²) in [6.45, 7) is 3.53. The quantitative estimate of drug-likeness (QED) is 0.640. The number of nitrogens with one attached hydrogen (secondary N) is 1. The van der Waals surface area contributed by atoms with E-state index in [2.05, 4.69) is 82.9 Å². The lowest BCUT2D eigenvalue weighted by molar-refractivity contribution is 0.181. The van der Waals surface area contributed by atoms with Crippen molar-refractivity contribution in [1.29, 1.82) is 0 Å². The van der Waals surface area contributed by atoms with Crippen molar-refractivity contribution < 1.29 is 4.74 Å². The Labute approximate surface area is 156 Å². The smallest absolute Gasteiger partial charge is 0.193 e. The minimum atomic E-state index is 0.289. The van der Waals surface area contributed by atoms with Gasteiger partial charge in [0.05, 0.1) is 6.61 Å². The van der Waals surface area contributed by atoms with E-state index in [1.54, 1.807) is 0 Å². The second kappa shape index (κ2) is 9.39. The van der Waals surface area contributed by atoms with Crippen LogP contribution in [0.5, 0.6) is 0 Å². The van der Waals surface area contributed by atoms with E-state index in [-0.39, 0.29) is 5.92 Å². The van der Waals surface area contributed by atoms with E-state index in [1.165, 1.54) is 11.1 Å². The number of aliphatic imine (C=N–C) groups is 1. The van der Waals surface area contributed by atoms with Gasteiger partial charge in [-0.3, -0.25) is 4.99 Å². The van der Waals surface area contributed by atoms with Gasteiger partial charge >= 0.3 is 0 Å². The van der Waals surface area contributed by atoms with E-state index in [0.717, 1.165) is 38.7 Å². The molecule has 4 nitrogen and oxygen atoms in total. The molecular formula is C22H29N3O. The molecule has 0 radical (unpaired) electrons. The molecule has 1 fully saturated rings. The predicted octanol–water partition coefficient (Wildman–Crippen LogP) is 3.36. The van der Waals surface area contributed by atoms with Gasteiger partial charge < -0.3 is 15.0 Å². The Morgan fingerprint density at radius 2 is 1.73 bits per heavy atom. The molecule has 2 aromatic rings. The number of nitrogens with zero attached hydrogens (tertiary/aromatic N) is 2. The summed E-state index contributed by atoms with van der Waals surface area (Å²) in [4.78, 5) is 6.69. The van der Waals surface area contributed by atoms with Crippen LogP contribution in [0.15, 0.2) is 65.7 Å². The van der Waals surface area contributed by atoms with Gasteiger partial charge in [-0.1, -0.05) is 60.7 Å². The number of hydrogen-bond acceptors (Lipinski definition) is 2. The van der Waals surface area contributed by atoms with Gasteiger partial charge in [0.1, 0.15) is 0 Å². The molecule has 1 unspecified atom stereocenters. The summed E-state index contributed by atoms with van der Waals surface area (Å²) >= 11 is 0. The Balaban J connectivity index is 1.68. The van der Waals surface area contributed by atoms with Crippen LogP contribution in [0.1, 0.15) is 23.5 Å². The van der Waals surface area contributed by atoms with E-state index in [9.17, 15) is 0 Å².